The van der Waals surface area contributed by atoms with Gasteiger partial charge in [0.25, 0.3) is 0 Å². The molecule has 1 aliphatic rings. The molecule has 0 N–H and O–H groups in total. The highest BCUT2D eigenvalue weighted by molar-refractivity contribution is 7.73. The van der Waals surface area contributed by atoms with E-state index in [9.17, 15) is 0 Å². The normalized spacial score (nSPS) is 17.6. The van der Waals surface area contributed by atoms with Crippen LogP contribution in [-0.4, -0.2) is 20.0 Å². The Morgan fingerprint density at radius 3 is 0.921 bits per heavy atom. The zero-order valence-corrected chi connectivity index (χ0v) is 28.2. The smallest absolute Gasteiger partial charge is 0.0615 e. The summed E-state index contributed by atoms with van der Waals surface area (Å²) in [5, 5.41) is 0. The van der Waals surface area contributed by atoms with E-state index in [2.05, 4.69) is 142 Å². The van der Waals surface area contributed by atoms with E-state index < -0.39 is 16.0 Å². The molecule has 0 bridgehead atoms. The summed E-state index contributed by atoms with van der Waals surface area (Å²) >= 11 is 0. The Bertz CT molecular complexity index is 1050. The highest BCUT2D eigenvalue weighted by Gasteiger charge is 2.75. The van der Waals surface area contributed by atoms with Crippen LogP contribution < -0.4 is 0 Å². The number of benzene rings is 2. The molecular weight excluding hydrogens is 502 g/mol. The SMILES string of the molecule is CC(C)c1cccc(C(C)C)c1N=[P+]1N(C(C)(C)C)[P+](=Nc2c(C(C)C)cccc2C(C)C)N1C(C)(C)C. The Kier molecular flexibility index (Phi) is 9.48. The fourth-order valence-electron chi connectivity index (χ4n) is 4.95. The summed E-state index contributed by atoms with van der Waals surface area (Å²) in [5.74, 6) is 1.69. The zero-order chi connectivity index (χ0) is 28.7. The van der Waals surface area contributed by atoms with Crippen molar-refractivity contribution < 1.29 is 0 Å². The molecule has 0 amide bonds. The predicted molar refractivity (Wildman–Crippen MR) is 170 cm³/mol. The van der Waals surface area contributed by atoms with Crippen molar-refractivity contribution in [3.05, 3.63) is 58.7 Å². The van der Waals surface area contributed by atoms with Gasteiger partial charge in [-0.15, -0.1) is 0 Å². The van der Waals surface area contributed by atoms with Crippen LogP contribution >= 0.6 is 16.0 Å². The molecule has 0 radical (unpaired) electrons. The van der Waals surface area contributed by atoms with Gasteiger partial charge >= 0.3 is 16.0 Å². The number of hydrogen-bond acceptors (Lipinski definition) is 2. The van der Waals surface area contributed by atoms with E-state index in [-0.39, 0.29) is 11.1 Å². The minimum Gasteiger partial charge on any atom is -0.0615 e. The molecule has 4 nitrogen and oxygen atoms in total. The molecule has 6 heteroatoms. The quantitative estimate of drug-likeness (QED) is 0.333. The van der Waals surface area contributed by atoms with E-state index in [4.69, 9.17) is 9.49 Å². The molecule has 0 saturated carbocycles. The Hall–Kier alpha value is -1.44. The summed E-state index contributed by atoms with van der Waals surface area (Å²) in [6, 6.07) is 13.5. The predicted octanol–water partition coefficient (Wildman–Crippen LogP) is 12.3. The highest BCUT2D eigenvalue weighted by Crippen LogP contribution is 2.74. The first-order valence-corrected chi connectivity index (χ1v) is 16.8. The molecule has 1 saturated heterocycles. The summed E-state index contributed by atoms with van der Waals surface area (Å²) in [6.07, 6.45) is 0. The third-order valence-corrected chi connectivity index (χ3v) is 13.4. The van der Waals surface area contributed by atoms with Gasteiger partial charge in [0.2, 0.25) is 0 Å². The van der Waals surface area contributed by atoms with Crippen molar-refractivity contribution in [2.24, 2.45) is 9.49 Å². The minimum absolute atomic E-state index is 0.0539. The number of hydrogen-bond donors (Lipinski definition) is 0. The second-order valence-corrected chi connectivity index (χ2v) is 17.6. The van der Waals surface area contributed by atoms with Crippen LogP contribution in [0.2, 0.25) is 0 Å². The van der Waals surface area contributed by atoms with Crippen molar-refractivity contribution in [3.8, 4) is 0 Å². The average molecular weight is 555 g/mol. The van der Waals surface area contributed by atoms with Gasteiger partial charge in [-0.3, -0.25) is 0 Å². The first-order chi connectivity index (χ1) is 17.5. The lowest BCUT2D eigenvalue weighted by Gasteiger charge is -2.33. The maximum Gasteiger partial charge on any atom is 0.495 e. The largest absolute Gasteiger partial charge is 0.495 e. The molecule has 0 aromatic heterocycles. The van der Waals surface area contributed by atoms with E-state index in [0.717, 1.165) is 0 Å². The summed E-state index contributed by atoms with van der Waals surface area (Å²) in [4.78, 5) is 0. The van der Waals surface area contributed by atoms with Crippen molar-refractivity contribution in [3.63, 3.8) is 0 Å². The van der Waals surface area contributed by atoms with Crippen molar-refractivity contribution in [2.75, 3.05) is 0 Å². The van der Waals surface area contributed by atoms with Gasteiger partial charge in [-0.1, -0.05) is 91.8 Å². The molecule has 0 atom stereocenters. The van der Waals surface area contributed by atoms with Crippen LogP contribution in [-0.2, 0) is 0 Å². The molecule has 2 aromatic rings. The lowest BCUT2D eigenvalue weighted by Crippen LogP contribution is -2.48. The lowest BCUT2D eigenvalue weighted by atomic mass is 9.93. The lowest BCUT2D eigenvalue weighted by molar-refractivity contribution is 0.292. The fourth-order valence-corrected chi connectivity index (χ4v) is 10.6. The van der Waals surface area contributed by atoms with E-state index in [1.165, 1.54) is 33.6 Å². The van der Waals surface area contributed by atoms with Crippen LogP contribution in [0.5, 0.6) is 0 Å². The topological polar surface area (TPSA) is 31.2 Å². The summed E-state index contributed by atoms with van der Waals surface area (Å²) in [5.41, 5.74) is 7.69. The second kappa shape index (κ2) is 11.6. The van der Waals surface area contributed by atoms with Crippen molar-refractivity contribution in [2.45, 2.75) is 132 Å². The third-order valence-electron chi connectivity index (χ3n) is 6.94. The standard InChI is InChI=1S/C32H52N4P2/c1-21(2)25-17-15-18-26(22(3)4)29(25)33-37-35(31(9,10)11)38(36(37)32(12,13)14)34-30-27(23(5)6)19-16-20-28(30)24(7)8/h15-24H,1-14H3/q+2. The van der Waals surface area contributed by atoms with Gasteiger partial charge in [0.1, 0.15) is 31.3 Å². The van der Waals surface area contributed by atoms with Crippen LogP contribution in [0.4, 0.5) is 11.4 Å². The maximum absolute atomic E-state index is 5.68. The van der Waals surface area contributed by atoms with Gasteiger partial charge in [0.15, 0.2) is 0 Å². The van der Waals surface area contributed by atoms with Crippen LogP contribution in [0.25, 0.3) is 0 Å². The van der Waals surface area contributed by atoms with Crippen LogP contribution in [0.15, 0.2) is 45.9 Å². The van der Waals surface area contributed by atoms with E-state index >= 15 is 0 Å². The molecule has 1 aliphatic heterocycles. The van der Waals surface area contributed by atoms with Gasteiger partial charge < -0.3 is 0 Å². The monoisotopic (exact) mass is 554 g/mol. The van der Waals surface area contributed by atoms with Gasteiger partial charge in [-0.05, 0) is 97.0 Å². The van der Waals surface area contributed by atoms with Crippen molar-refractivity contribution in [1.82, 2.24) is 8.88 Å². The van der Waals surface area contributed by atoms with Gasteiger partial charge in [0, 0.05) is 0 Å². The summed E-state index contributed by atoms with van der Waals surface area (Å²) < 4.78 is 16.7. The molecule has 2 aromatic carbocycles. The van der Waals surface area contributed by atoms with E-state index in [1.807, 2.05) is 0 Å². The van der Waals surface area contributed by atoms with E-state index in [0.29, 0.717) is 23.7 Å². The zero-order valence-electron chi connectivity index (χ0n) is 26.5. The number of nitrogens with zero attached hydrogens (tertiary/aromatic N) is 4. The third kappa shape index (κ3) is 6.31. The van der Waals surface area contributed by atoms with Gasteiger partial charge in [-0.25, -0.2) is 0 Å². The fraction of sp³-hybridized carbons (Fsp3) is 0.625. The molecule has 0 unspecified atom stereocenters. The molecule has 0 aliphatic carbocycles. The van der Waals surface area contributed by atoms with Crippen molar-refractivity contribution >= 4 is 27.4 Å². The molecular formula is C32H52N4P2+2. The molecule has 1 fully saturated rings. The Labute approximate surface area is 235 Å². The van der Waals surface area contributed by atoms with Crippen LogP contribution in [0.1, 0.15) is 143 Å². The summed E-state index contributed by atoms with van der Waals surface area (Å²) in [7, 11) is -1.84. The molecule has 1 heterocycles. The first-order valence-electron chi connectivity index (χ1n) is 14.4. The summed E-state index contributed by atoms with van der Waals surface area (Å²) in [6.45, 7) is 32.3. The molecule has 0 spiro atoms. The van der Waals surface area contributed by atoms with Crippen LogP contribution in [0, 0.1) is 0 Å². The maximum atomic E-state index is 5.68. The highest BCUT2D eigenvalue weighted by atomic mass is 31.2. The molecule has 208 valence electrons. The Balaban J connectivity index is 2.36. The van der Waals surface area contributed by atoms with Gasteiger partial charge in [0.05, 0.1) is 0 Å². The minimum atomic E-state index is -0.918. The molecule has 38 heavy (non-hydrogen) atoms. The first kappa shape index (κ1) is 31.1. The van der Waals surface area contributed by atoms with Crippen molar-refractivity contribution in [1.29, 1.82) is 0 Å². The molecule has 3 rings (SSSR count). The average Bonchev–Trinajstić information content (AvgIpc) is 2.75. The Morgan fingerprint density at radius 2 is 0.737 bits per heavy atom. The van der Waals surface area contributed by atoms with E-state index in [1.54, 1.807) is 0 Å². The van der Waals surface area contributed by atoms with Crippen LogP contribution in [0.3, 0.4) is 0 Å². The Morgan fingerprint density at radius 1 is 0.500 bits per heavy atom. The second-order valence-electron chi connectivity index (χ2n) is 13.8. The van der Waals surface area contributed by atoms with Gasteiger partial charge in [-0.2, -0.15) is 0 Å². The number of rotatable bonds is 6.